The molecule has 0 unspecified atom stereocenters. The molecule has 2 N–H and O–H groups in total. The molecule has 0 rings (SSSR count). The minimum Gasteiger partial charge on any atom is -0.396 e. The molecular weight excluding hydrogens is 200 g/mol. The van der Waals surface area contributed by atoms with E-state index in [0.29, 0.717) is 0 Å². The average molecular weight is 230 g/mol. The van der Waals surface area contributed by atoms with E-state index in [9.17, 15) is 5.11 Å². The lowest BCUT2D eigenvalue weighted by molar-refractivity contribution is 0.0569. The van der Waals surface area contributed by atoms with Gasteiger partial charge in [0, 0.05) is 12.5 Å². The van der Waals surface area contributed by atoms with Crippen LogP contribution >= 0.6 is 0 Å². The Hall–Kier alpha value is -0.0800. The number of hydrogen-bond acceptors (Lipinski definition) is 2. The highest BCUT2D eigenvalue weighted by Gasteiger charge is 2.15. The minimum absolute atomic E-state index is 0.0834. The van der Waals surface area contributed by atoms with Gasteiger partial charge in [-0.05, 0) is 12.8 Å². The van der Waals surface area contributed by atoms with E-state index >= 15 is 0 Å². The van der Waals surface area contributed by atoms with Crippen LogP contribution in [0.5, 0.6) is 0 Å². The molecule has 2 atom stereocenters. The average Bonchev–Trinajstić information content (AvgIpc) is 2.29. The van der Waals surface area contributed by atoms with E-state index in [4.69, 9.17) is 5.11 Å². The summed E-state index contributed by atoms with van der Waals surface area (Å²) in [6, 6.07) is 0. The van der Waals surface area contributed by atoms with Crippen molar-refractivity contribution in [3.8, 4) is 0 Å². The number of unbranched alkanes of at least 4 members (excludes halogenated alkanes) is 6. The number of aliphatic hydroxyl groups excluding tert-OH is 2. The quantitative estimate of drug-likeness (QED) is 0.533. The molecule has 0 aromatic heterocycles. The summed E-state index contributed by atoms with van der Waals surface area (Å²) < 4.78 is 0. The fourth-order valence-corrected chi connectivity index (χ4v) is 2.07. The summed E-state index contributed by atoms with van der Waals surface area (Å²) in [6.07, 6.45) is 10.4. The molecule has 0 fully saturated rings. The van der Waals surface area contributed by atoms with Crippen LogP contribution in [0.1, 0.15) is 71.6 Å². The van der Waals surface area contributed by atoms with Crippen LogP contribution in [0.4, 0.5) is 0 Å². The van der Waals surface area contributed by atoms with Crippen molar-refractivity contribution in [2.24, 2.45) is 5.92 Å². The number of hydrogen-bond donors (Lipinski definition) is 2. The van der Waals surface area contributed by atoms with Crippen molar-refractivity contribution in [3.05, 3.63) is 0 Å². The molecule has 0 spiro atoms. The fourth-order valence-electron chi connectivity index (χ4n) is 2.07. The van der Waals surface area contributed by atoms with Gasteiger partial charge in [0.2, 0.25) is 0 Å². The van der Waals surface area contributed by atoms with Gasteiger partial charge in [0.1, 0.15) is 0 Å². The zero-order valence-electron chi connectivity index (χ0n) is 11.1. The van der Waals surface area contributed by atoms with Gasteiger partial charge in [-0.3, -0.25) is 0 Å². The molecule has 0 aromatic carbocycles. The normalized spacial score (nSPS) is 15.0. The first kappa shape index (κ1) is 15.9. The zero-order valence-corrected chi connectivity index (χ0v) is 11.1. The summed E-state index contributed by atoms with van der Waals surface area (Å²) >= 11 is 0. The number of rotatable bonds is 11. The maximum Gasteiger partial charge on any atom is 0.0590 e. The van der Waals surface area contributed by atoms with Crippen molar-refractivity contribution in [3.63, 3.8) is 0 Å². The Morgan fingerprint density at radius 3 is 1.94 bits per heavy atom. The van der Waals surface area contributed by atoms with E-state index in [2.05, 4.69) is 6.92 Å². The zero-order chi connectivity index (χ0) is 12.2. The molecule has 0 bridgehead atoms. The monoisotopic (exact) mass is 230 g/mol. The van der Waals surface area contributed by atoms with Gasteiger partial charge in [-0.2, -0.15) is 0 Å². The SMILES string of the molecule is CCCCCCCCC[C@@H](O)[C@@H](CC)CO. The Morgan fingerprint density at radius 2 is 1.44 bits per heavy atom. The van der Waals surface area contributed by atoms with E-state index in [1.807, 2.05) is 6.92 Å². The van der Waals surface area contributed by atoms with Crippen LogP contribution in [-0.4, -0.2) is 22.9 Å². The molecule has 2 heteroatoms. The fraction of sp³-hybridized carbons (Fsp3) is 1.00. The molecule has 0 aliphatic carbocycles. The molecule has 98 valence electrons. The van der Waals surface area contributed by atoms with Crippen LogP contribution in [0.25, 0.3) is 0 Å². The predicted octanol–water partition coefficient (Wildman–Crippen LogP) is 3.51. The molecule has 0 saturated carbocycles. The molecule has 0 aliphatic heterocycles. The van der Waals surface area contributed by atoms with Crippen molar-refractivity contribution in [2.75, 3.05) is 6.61 Å². The highest BCUT2D eigenvalue weighted by atomic mass is 16.3. The predicted molar refractivity (Wildman–Crippen MR) is 69.5 cm³/mol. The highest BCUT2D eigenvalue weighted by Crippen LogP contribution is 2.15. The van der Waals surface area contributed by atoms with Crippen LogP contribution < -0.4 is 0 Å². The third-order valence-corrected chi connectivity index (χ3v) is 3.41. The van der Waals surface area contributed by atoms with Crippen LogP contribution in [0.3, 0.4) is 0 Å². The van der Waals surface area contributed by atoms with Crippen molar-refractivity contribution < 1.29 is 10.2 Å². The Bertz CT molecular complexity index is 133. The van der Waals surface area contributed by atoms with Crippen molar-refractivity contribution in [1.29, 1.82) is 0 Å². The summed E-state index contributed by atoms with van der Waals surface area (Å²) in [5.74, 6) is 0.0834. The second-order valence-electron chi connectivity index (χ2n) is 4.83. The van der Waals surface area contributed by atoms with E-state index in [1.165, 1.54) is 38.5 Å². The molecule has 2 nitrogen and oxygen atoms in total. The molecule has 0 aliphatic rings. The Morgan fingerprint density at radius 1 is 0.875 bits per heavy atom. The lowest BCUT2D eigenvalue weighted by Gasteiger charge is -2.18. The Kier molecular flexibility index (Phi) is 11.3. The largest absolute Gasteiger partial charge is 0.396 e. The van der Waals surface area contributed by atoms with Crippen molar-refractivity contribution in [2.45, 2.75) is 77.7 Å². The summed E-state index contributed by atoms with van der Waals surface area (Å²) in [5, 5.41) is 18.8. The van der Waals surface area contributed by atoms with Crippen molar-refractivity contribution in [1.82, 2.24) is 0 Å². The molecule has 0 radical (unpaired) electrons. The third-order valence-electron chi connectivity index (χ3n) is 3.41. The topological polar surface area (TPSA) is 40.5 Å². The lowest BCUT2D eigenvalue weighted by atomic mass is 9.95. The highest BCUT2D eigenvalue weighted by molar-refractivity contribution is 4.66. The van der Waals surface area contributed by atoms with Gasteiger partial charge in [-0.25, -0.2) is 0 Å². The maximum atomic E-state index is 9.79. The van der Waals surface area contributed by atoms with Crippen LogP contribution in [0.2, 0.25) is 0 Å². The van der Waals surface area contributed by atoms with E-state index in [1.54, 1.807) is 0 Å². The summed E-state index contributed by atoms with van der Waals surface area (Å²) in [7, 11) is 0. The van der Waals surface area contributed by atoms with Gasteiger partial charge < -0.3 is 10.2 Å². The summed E-state index contributed by atoms with van der Waals surface area (Å²) in [6.45, 7) is 4.37. The molecule has 16 heavy (non-hydrogen) atoms. The van der Waals surface area contributed by atoms with Crippen LogP contribution in [-0.2, 0) is 0 Å². The van der Waals surface area contributed by atoms with E-state index in [-0.39, 0.29) is 18.6 Å². The second-order valence-corrected chi connectivity index (χ2v) is 4.83. The Balaban J connectivity index is 3.30. The standard InChI is InChI=1S/C14H30O2/c1-3-5-6-7-8-9-10-11-14(16)13(4-2)12-15/h13-16H,3-12H2,1-2H3/t13-,14+/m0/s1. The number of aliphatic hydroxyl groups is 2. The van der Waals surface area contributed by atoms with E-state index in [0.717, 1.165) is 19.3 Å². The molecule has 0 heterocycles. The van der Waals surface area contributed by atoms with Gasteiger partial charge in [-0.15, -0.1) is 0 Å². The molecule has 0 saturated heterocycles. The second kappa shape index (κ2) is 11.4. The first-order valence-corrected chi connectivity index (χ1v) is 7.05. The van der Waals surface area contributed by atoms with Crippen molar-refractivity contribution >= 4 is 0 Å². The van der Waals surface area contributed by atoms with Crippen LogP contribution in [0, 0.1) is 5.92 Å². The summed E-state index contributed by atoms with van der Waals surface area (Å²) in [4.78, 5) is 0. The lowest BCUT2D eigenvalue weighted by Crippen LogP contribution is -2.22. The van der Waals surface area contributed by atoms with Crippen LogP contribution in [0.15, 0.2) is 0 Å². The third kappa shape index (κ3) is 8.12. The molecular formula is C14H30O2. The van der Waals surface area contributed by atoms with Gasteiger partial charge in [0.25, 0.3) is 0 Å². The van der Waals surface area contributed by atoms with E-state index < -0.39 is 0 Å². The van der Waals surface area contributed by atoms with Gasteiger partial charge >= 0.3 is 0 Å². The summed E-state index contributed by atoms with van der Waals surface area (Å²) in [5.41, 5.74) is 0. The maximum absolute atomic E-state index is 9.79. The molecule has 0 aromatic rings. The smallest absolute Gasteiger partial charge is 0.0590 e. The minimum atomic E-state index is -0.300. The first-order valence-electron chi connectivity index (χ1n) is 7.05. The van der Waals surface area contributed by atoms with Gasteiger partial charge in [-0.1, -0.05) is 58.8 Å². The Labute approximate surface area is 101 Å². The first-order chi connectivity index (χ1) is 7.76. The van der Waals surface area contributed by atoms with Gasteiger partial charge in [0.05, 0.1) is 6.10 Å². The molecule has 0 amide bonds. The van der Waals surface area contributed by atoms with Gasteiger partial charge in [0.15, 0.2) is 0 Å².